The van der Waals surface area contributed by atoms with Gasteiger partial charge in [0, 0.05) is 12.2 Å². The molecule has 1 amide bonds. The number of hydrogen-bond donors (Lipinski definition) is 1. The molecule has 2 aliphatic rings. The second-order valence-corrected chi connectivity index (χ2v) is 8.59. The van der Waals surface area contributed by atoms with E-state index in [2.05, 4.69) is 4.72 Å². The van der Waals surface area contributed by atoms with Crippen molar-refractivity contribution in [2.45, 2.75) is 43.4 Å². The average Bonchev–Trinajstić information content (AvgIpc) is 3.38. The van der Waals surface area contributed by atoms with E-state index in [9.17, 15) is 13.6 Å². The number of nitrogens with zero attached hydrogens (tertiary/aromatic N) is 1. The number of amides is 1. The third-order valence-electron chi connectivity index (χ3n) is 5.95. The minimum absolute atomic E-state index is 0.0151. The van der Waals surface area contributed by atoms with Gasteiger partial charge in [-0.05, 0) is 36.6 Å². The van der Waals surface area contributed by atoms with Crippen molar-refractivity contribution in [3.05, 3.63) is 59.9 Å². The summed E-state index contributed by atoms with van der Waals surface area (Å²) in [6.45, 7) is -0.250. The number of hydrogen-bond acceptors (Lipinski definition) is 4. The van der Waals surface area contributed by atoms with Crippen molar-refractivity contribution in [2.75, 3.05) is 19.4 Å². The van der Waals surface area contributed by atoms with Crippen LogP contribution in [-0.4, -0.2) is 54.3 Å². The van der Waals surface area contributed by atoms with Crippen molar-refractivity contribution in [2.24, 2.45) is 0 Å². The fourth-order valence-corrected chi connectivity index (χ4v) is 5.01. The first-order valence-corrected chi connectivity index (χ1v) is 11.6. The first kappa shape index (κ1) is 22.2. The van der Waals surface area contributed by atoms with E-state index in [0.717, 1.165) is 18.4 Å². The lowest BCUT2D eigenvalue weighted by Crippen LogP contribution is -2.49. The van der Waals surface area contributed by atoms with Crippen LogP contribution in [0.25, 0.3) is 11.1 Å². The van der Waals surface area contributed by atoms with Crippen molar-refractivity contribution in [1.82, 2.24) is 9.62 Å². The van der Waals surface area contributed by atoms with Crippen molar-refractivity contribution < 1.29 is 22.7 Å². The molecule has 8 heteroatoms. The number of carbonyl (C=O) groups is 1. The number of halogens is 3. The van der Waals surface area contributed by atoms with Crippen LogP contribution >= 0.6 is 11.9 Å². The van der Waals surface area contributed by atoms with Gasteiger partial charge >= 0.3 is 0 Å². The lowest BCUT2D eigenvalue weighted by molar-refractivity contribution is -0.143. The quantitative estimate of drug-likeness (QED) is 0.667. The Labute approximate surface area is 184 Å². The molecular weight excluding hydrogens is 425 g/mol. The Morgan fingerprint density at radius 3 is 2.68 bits per heavy atom. The summed E-state index contributed by atoms with van der Waals surface area (Å²) in [6, 6.07) is 11.9. The third-order valence-corrected chi connectivity index (χ3v) is 6.44. The molecule has 0 aliphatic carbocycles. The number of alkyl halides is 2. The maximum atomic E-state index is 15.4. The Hall–Kier alpha value is -2.03. The molecule has 1 N–H and O–H groups in total. The first-order chi connectivity index (χ1) is 14.9. The number of carbonyl (C=O) groups excluding carboxylic acids is 1. The zero-order valence-corrected chi connectivity index (χ0v) is 18.0. The molecule has 31 heavy (non-hydrogen) atoms. The number of rotatable bonds is 6. The normalized spacial score (nSPS) is 25.2. The van der Waals surface area contributed by atoms with Crippen LogP contribution in [0.15, 0.2) is 48.5 Å². The molecule has 0 bridgehead atoms. The lowest BCUT2D eigenvalue weighted by atomic mass is 9.95. The van der Waals surface area contributed by atoms with Crippen LogP contribution in [0.3, 0.4) is 0 Å². The van der Waals surface area contributed by atoms with E-state index in [-0.39, 0.29) is 6.42 Å². The van der Waals surface area contributed by atoms with Crippen LogP contribution in [0.4, 0.5) is 13.2 Å². The van der Waals surface area contributed by atoms with E-state index in [0.29, 0.717) is 29.7 Å². The minimum atomic E-state index is -3.13. The van der Waals surface area contributed by atoms with Crippen LogP contribution in [0, 0.1) is 5.82 Å². The highest BCUT2D eigenvalue weighted by atomic mass is 32.2. The summed E-state index contributed by atoms with van der Waals surface area (Å²) in [6.07, 6.45) is 2.19. The minimum Gasteiger partial charge on any atom is -0.368 e. The highest BCUT2D eigenvalue weighted by Gasteiger charge is 2.56. The lowest BCUT2D eigenvalue weighted by Gasteiger charge is -2.29. The predicted octanol–water partition coefficient (Wildman–Crippen LogP) is 4.30. The predicted molar refractivity (Wildman–Crippen MR) is 115 cm³/mol. The Morgan fingerprint density at radius 1 is 1.23 bits per heavy atom. The molecule has 0 radical (unpaired) electrons. The highest BCUT2D eigenvalue weighted by molar-refractivity contribution is 7.96. The largest absolute Gasteiger partial charge is 0.368 e. The van der Waals surface area contributed by atoms with E-state index >= 15 is 4.39 Å². The summed E-state index contributed by atoms with van der Waals surface area (Å²) in [7, 11) is 0. The standard InChI is InChI=1S/C23H25F3N2O2S/c1-31-27-21-18(28(14-23(21,25)26)22(29)19-11-6-12-30-19)13-16-9-5-10-17(20(16)24)15-7-3-2-4-8-15/h2-5,7-10,18-19,21,27H,6,11-14H2,1H3. The van der Waals surface area contributed by atoms with Crippen molar-refractivity contribution >= 4 is 17.9 Å². The summed E-state index contributed by atoms with van der Waals surface area (Å²) < 4.78 is 53.4. The molecule has 2 fully saturated rings. The van der Waals surface area contributed by atoms with Gasteiger partial charge < -0.3 is 9.64 Å². The topological polar surface area (TPSA) is 41.6 Å². The van der Waals surface area contributed by atoms with Crippen molar-refractivity contribution in [3.63, 3.8) is 0 Å². The smallest absolute Gasteiger partial charge is 0.283 e. The van der Waals surface area contributed by atoms with Gasteiger partial charge in [0.25, 0.3) is 11.8 Å². The molecule has 3 atom stereocenters. The van der Waals surface area contributed by atoms with Crippen molar-refractivity contribution in [1.29, 1.82) is 0 Å². The highest BCUT2D eigenvalue weighted by Crippen LogP contribution is 2.37. The second-order valence-electron chi connectivity index (χ2n) is 7.94. The van der Waals surface area contributed by atoms with Crippen LogP contribution in [0.2, 0.25) is 0 Å². The molecule has 0 spiro atoms. The SMILES string of the molecule is CSNC1C(Cc2cccc(-c3ccccc3)c2F)N(C(=O)C2CCCO2)CC1(F)F. The molecule has 2 aromatic carbocycles. The Bertz CT molecular complexity index is 922. The molecule has 4 nitrogen and oxygen atoms in total. The van der Waals surface area contributed by atoms with Crippen LogP contribution < -0.4 is 4.72 Å². The summed E-state index contributed by atoms with van der Waals surface area (Å²) >= 11 is 1.07. The van der Waals surface area contributed by atoms with Crippen LogP contribution in [-0.2, 0) is 16.0 Å². The molecule has 2 aliphatic heterocycles. The number of ether oxygens (including phenoxy) is 1. The van der Waals surface area contributed by atoms with Gasteiger partial charge in [-0.2, -0.15) is 0 Å². The molecule has 3 unspecified atom stereocenters. The van der Waals surface area contributed by atoms with Gasteiger partial charge in [-0.1, -0.05) is 60.5 Å². The van der Waals surface area contributed by atoms with E-state index in [1.54, 1.807) is 36.6 Å². The van der Waals surface area contributed by atoms with E-state index in [1.165, 1.54) is 4.90 Å². The molecule has 0 saturated carbocycles. The second kappa shape index (κ2) is 9.22. The third kappa shape index (κ3) is 4.47. The molecule has 4 rings (SSSR count). The number of benzene rings is 2. The molecule has 166 valence electrons. The molecule has 0 aromatic heterocycles. The molecule has 2 heterocycles. The van der Waals surface area contributed by atoms with Gasteiger partial charge in [0.15, 0.2) is 0 Å². The number of likely N-dealkylation sites (tertiary alicyclic amines) is 1. The molecule has 2 aromatic rings. The fourth-order valence-electron chi connectivity index (χ4n) is 4.43. The Balaban J connectivity index is 1.67. The van der Waals surface area contributed by atoms with Gasteiger partial charge in [-0.15, -0.1) is 0 Å². The van der Waals surface area contributed by atoms with Crippen LogP contribution in [0.5, 0.6) is 0 Å². The maximum absolute atomic E-state index is 15.4. The summed E-state index contributed by atoms with van der Waals surface area (Å²) in [5, 5.41) is 0. The maximum Gasteiger partial charge on any atom is 0.283 e. The van der Waals surface area contributed by atoms with E-state index < -0.39 is 42.4 Å². The zero-order valence-electron chi connectivity index (χ0n) is 17.2. The first-order valence-electron chi connectivity index (χ1n) is 10.3. The van der Waals surface area contributed by atoms with Gasteiger partial charge in [0.05, 0.1) is 12.6 Å². The Morgan fingerprint density at radius 2 is 2.00 bits per heavy atom. The van der Waals surface area contributed by atoms with Crippen molar-refractivity contribution in [3.8, 4) is 11.1 Å². The average molecular weight is 451 g/mol. The molecule has 2 saturated heterocycles. The van der Waals surface area contributed by atoms with Crippen LogP contribution in [0.1, 0.15) is 18.4 Å². The Kier molecular flexibility index (Phi) is 6.60. The van der Waals surface area contributed by atoms with Gasteiger partial charge in [0.1, 0.15) is 18.0 Å². The van der Waals surface area contributed by atoms with Gasteiger partial charge in [-0.3, -0.25) is 9.52 Å². The fraction of sp³-hybridized carbons (Fsp3) is 0.435. The van der Waals surface area contributed by atoms with Gasteiger partial charge in [0.2, 0.25) is 0 Å². The summed E-state index contributed by atoms with van der Waals surface area (Å²) in [5.41, 5.74) is 1.43. The molecular formula is C23H25F3N2O2S. The van der Waals surface area contributed by atoms with E-state index in [4.69, 9.17) is 4.74 Å². The summed E-state index contributed by atoms with van der Waals surface area (Å²) in [4.78, 5) is 14.2. The summed E-state index contributed by atoms with van der Waals surface area (Å²) in [5.74, 6) is -4.02. The zero-order chi connectivity index (χ0) is 22.0. The number of nitrogens with one attached hydrogen (secondary N) is 1. The van der Waals surface area contributed by atoms with Gasteiger partial charge in [-0.25, -0.2) is 13.2 Å². The van der Waals surface area contributed by atoms with E-state index in [1.807, 2.05) is 18.2 Å². The monoisotopic (exact) mass is 450 g/mol.